The van der Waals surface area contributed by atoms with E-state index < -0.39 is 34.0 Å². The highest BCUT2D eigenvalue weighted by molar-refractivity contribution is 7.90. The Kier molecular flexibility index (Phi) is 7.06. The summed E-state index contributed by atoms with van der Waals surface area (Å²) in [4.78, 5) is 18.6. The van der Waals surface area contributed by atoms with Crippen molar-refractivity contribution in [1.82, 2.24) is 9.88 Å². The first-order valence-corrected chi connectivity index (χ1v) is 13.8. The number of hydrogen-bond donors (Lipinski definition) is 2. The Morgan fingerprint density at radius 2 is 1.83 bits per heavy atom. The molecule has 7 nitrogen and oxygen atoms in total. The van der Waals surface area contributed by atoms with Gasteiger partial charge in [0.1, 0.15) is 5.52 Å². The Hall–Kier alpha value is -2.70. The van der Waals surface area contributed by atoms with Crippen LogP contribution in [0.3, 0.4) is 0 Å². The van der Waals surface area contributed by atoms with Gasteiger partial charge in [0.15, 0.2) is 15.0 Å². The standard InChI is InChI=1S/C24H26F3N3O4S2/c1-15(24(25,26)27)13-23(32)9-11-30(12-10-23)21(31)17-7-5-16(6-8-17)14-36(33,34)19-4-2-3-18-20(19)29-22(28)35-18/h2-8,15,32H,9-14H2,1H3,(H2,28,29). The number of nitrogen functional groups attached to an aromatic ring is 1. The number of nitrogens with zero attached hydrogens (tertiary/aromatic N) is 2. The molecule has 0 saturated carbocycles. The highest BCUT2D eigenvalue weighted by Gasteiger charge is 2.43. The molecule has 1 fully saturated rings. The van der Waals surface area contributed by atoms with Crippen LogP contribution in [0.25, 0.3) is 10.2 Å². The minimum Gasteiger partial charge on any atom is -0.390 e. The number of anilines is 1. The second-order valence-corrected chi connectivity index (χ2v) is 12.3. The molecule has 194 valence electrons. The van der Waals surface area contributed by atoms with E-state index in [2.05, 4.69) is 4.98 Å². The number of aromatic nitrogens is 1. The number of piperidine rings is 1. The number of sulfone groups is 1. The van der Waals surface area contributed by atoms with Gasteiger partial charge in [0.05, 0.1) is 26.9 Å². The molecule has 0 bridgehead atoms. The van der Waals surface area contributed by atoms with Crippen molar-refractivity contribution in [1.29, 1.82) is 0 Å². The van der Waals surface area contributed by atoms with E-state index in [0.29, 0.717) is 21.3 Å². The molecule has 1 unspecified atom stereocenters. The number of alkyl halides is 3. The van der Waals surface area contributed by atoms with Gasteiger partial charge in [0.25, 0.3) is 5.91 Å². The molecule has 1 aliphatic rings. The number of fused-ring (bicyclic) bond motifs is 1. The lowest BCUT2D eigenvalue weighted by atomic mass is 9.83. The molecule has 36 heavy (non-hydrogen) atoms. The van der Waals surface area contributed by atoms with Gasteiger partial charge in [-0.1, -0.05) is 36.5 Å². The molecule has 3 N–H and O–H groups in total. The predicted molar refractivity (Wildman–Crippen MR) is 131 cm³/mol. The molecule has 3 aromatic rings. The number of rotatable bonds is 6. The molecule has 1 aliphatic heterocycles. The van der Waals surface area contributed by atoms with E-state index in [9.17, 15) is 31.5 Å². The van der Waals surface area contributed by atoms with Crippen LogP contribution in [0.2, 0.25) is 0 Å². The maximum absolute atomic E-state index is 13.0. The van der Waals surface area contributed by atoms with Crippen molar-refractivity contribution >= 4 is 42.4 Å². The van der Waals surface area contributed by atoms with E-state index in [1.54, 1.807) is 24.3 Å². The monoisotopic (exact) mass is 541 g/mol. The number of para-hydroxylation sites is 1. The first-order valence-electron chi connectivity index (χ1n) is 11.3. The lowest BCUT2D eigenvalue weighted by Crippen LogP contribution is -2.48. The molecular weight excluding hydrogens is 515 g/mol. The van der Waals surface area contributed by atoms with Crippen molar-refractivity contribution in [2.24, 2.45) is 5.92 Å². The first-order chi connectivity index (χ1) is 16.8. The van der Waals surface area contributed by atoms with Gasteiger partial charge >= 0.3 is 6.18 Å². The summed E-state index contributed by atoms with van der Waals surface area (Å²) in [6.07, 6.45) is -4.66. The maximum atomic E-state index is 13.0. The summed E-state index contributed by atoms with van der Waals surface area (Å²) >= 11 is 1.21. The second kappa shape index (κ2) is 9.64. The van der Waals surface area contributed by atoms with E-state index in [1.807, 2.05) is 0 Å². The van der Waals surface area contributed by atoms with Crippen LogP contribution in [-0.4, -0.2) is 54.2 Å². The molecule has 1 atom stereocenters. The van der Waals surface area contributed by atoms with Gasteiger partial charge in [-0.15, -0.1) is 0 Å². The molecule has 0 aliphatic carbocycles. The van der Waals surface area contributed by atoms with E-state index in [-0.39, 0.29) is 47.6 Å². The Bertz CT molecular complexity index is 1360. The molecule has 1 aromatic heterocycles. The van der Waals surface area contributed by atoms with Gasteiger partial charge in [0, 0.05) is 18.7 Å². The van der Waals surface area contributed by atoms with Crippen molar-refractivity contribution in [2.75, 3.05) is 18.8 Å². The van der Waals surface area contributed by atoms with E-state index in [4.69, 9.17) is 5.73 Å². The largest absolute Gasteiger partial charge is 0.391 e. The van der Waals surface area contributed by atoms with Crippen molar-refractivity contribution in [3.63, 3.8) is 0 Å². The third-order valence-corrected chi connectivity index (χ3v) is 9.08. The molecule has 0 spiro atoms. The van der Waals surface area contributed by atoms with Crippen LogP contribution in [0.15, 0.2) is 47.4 Å². The average Bonchev–Trinajstić information content (AvgIpc) is 3.18. The molecule has 1 amide bonds. The Labute approximate surface area is 210 Å². The summed E-state index contributed by atoms with van der Waals surface area (Å²) < 4.78 is 65.4. The number of hydrogen-bond acceptors (Lipinski definition) is 7. The van der Waals surface area contributed by atoms with Crippen molar-refractivity contribution in [2.45, 2.75) is 48.6 Å². The van der Waals surface area contributed by atoms with Crippen LogP contribution in [0.1, 0.15) is 42.1 Å². The van der Waals surface area contributed by atoms with Gasteiger partial charge in [-0.25, -0.2) is 13.4 Å². The number of nitrogens with two attached hydrogens (primary N) is 1. The molecule has 4 rings (SSSR count). The van der Waals surface area contributed by atoms with Gasteiger partial charge in [0.2, 0.25) is 0 Å². The Morgan fingerprint density at radius 1 is 1.19 bits per heavy atom. The van der Waals surface area contributed by atoms with Gasteiger partial charge < -0.3 is 15.7 Å². The molecule has 2 aromatic carbocycles. The number of carbonyl (C=O) groups is 1. The lowest BCUT2D eigenvalue weighted by Gasteiger charge is -2.39. The lowest BCUT2D eigenvalue weighted by molar-refractivity contribution is -0.187. The van der Waals surface area contributed by atoms with Crippen molar-refractivity contribution in [3.8, 4) is 0 Å². The number of likely N-dealkylation sites (tertiary alicyclic amines) is 1. The molecule has 1 saturated heterocycles. The fourth-order valence-electron chi connectivity index (χ4n) is 4.43. The van der Waals surface area contributed by atoms with E-state index >= 15 is 0 Å². The zero-order chi connectivity index (χ0) is 26.3. The third-order valence-electron chi connectivity index (χ3n) is 6.52. The quantitative estimate of drug-likeness (QED) is 0.478. The molecule has 12 heteroatoms. The number of halogens is 3. The van der Waals surface area contributed by atoms with Crippen molar-refractivity contribution < 1.29 is 31.5 Å². The highest BCUT2D eigenvalue weighted by Crippen LogP contribution is 2.37. The number of amides is 1. The minimum absolute atomic E-state index is 0.0577. The molecular formula is C24H26F3N3O4S2. The average molecular weight is 542 g/mol. The van der Waals surface area contributed by atoms with Crippen LogP contribution in [0.5, 0.6) is 0 Å². The van der Waals surface area contributed by atoms with Crippen molar-refractivity contribution in [3.05, 3.63) is 53.6 Å². The van der Waals surface area contributed by atoms with Crippen LogP contribution in [0.4, 0.5) is 18.3 Å². The number of carbonyl (C=O) groups excluding carboxylic acids is 1. The smallest absolute Gasteiger partial charge is 0.390 e. The maximum Gasteiger partial charge on any atom is 0.391 e. The summed E-state index contributed by atoms with van der Waals surface area (Å²) in [5, 5.41) is 10.9. The summed E-state index contributed by atoms with van der Waals surface area (Å²) in [7, 11) is -3.73. The zero-order valence-corrected chi connectivity index (χ0v) is 21.1. The summed E-state index contributed by atoms with van der Waals surface area (Å²) in [5.41, 5.74) is 5.42. The second-order valence-electron chi connectivity index (χ2n) is 9.27. The third kappa shape index (κ3) is 5.65. The van der Waals surface area contributed by atoms with Crippen LogP contribution < -0.4 is 5.73 Å². The normalized spacial score (nSPS) is 17.3. The SMILES string of the molecule is CC(CC1(O)CCN(C(=O)c2ccc(CS(=O)(=O)c3cccc4sc(N)nc34)cc2)CC1)C(F)(F)F. The van der Waals surface area contributed by atoms with Gasteiger partial charge in [-0.2, -0.15) is 13.2 Å². The van der Waals surface area contributed by atoms with Crippen LogP contribution >= 0.6 is 11.3 Å². The fraction of sp³-hybridized carbons (Fsp3) is 0.417. The molecule has 0 radical (unpaired) electrons. The van der Waals surface area contributed by atoms with E-state index in [0.717, 1.165) is 6.92 Å². The van der Waals surface area contributed by atoms with Gasteiger partial charge in [-0.05, 0) is 49.1 Å². The first kappa shape index (κ1) is 26.4. The predicted octanol–water partition coefficient (Wildman–Crippen LogP) is 4.41. The molecule has 2 heterocycles. The summed E-state index contributed by atoms with van der Waals surface area (Å²) in [6.45, 7) is 1.32. The van der Waals surface area contributed by atoms with Crippen LogP contribution in [-0.2, 0) is 15.6 Å². The number of thiazole rings is 1. The Balaban J connectivity index is 1.41. The summed E-state index contributed by atoms with van der Waals surface area (Å²) in [5.74, 6) is -2.24. The zero-order valence-electron chi connectivity index (χ0n) is 19.5. The van der Waals surface area contributed by atoms with E-state index in [1.165, 1.54) is 34.4 Å². The Morgan fingerprint density at radius 3 is 2.44 bits per heavy atom. The number of aliphatic hydroxyl groups is 1. The fourth-order valence-corrected chi connectivity index (χ4v) is 6.78. The topological polar surface area (TPSA) is 114 Å². The minimum atomic E-state index is -4.38. The van der Waals surface area contributed by atoms with Gasteiger partial charge in [-0.3, -0.25) is 4.79 Å². The highest BCUT2D eigenvalue weighted by atomic mass is 32.2. The summed E-state index contributed by atoms with van der Waals surface area (Å²) in [6, 6.07) is 11.1. The van der Waals surface area contributed by atoms with Crippen LogP contribution in [0, 0.1) is 5.92 Å². The number of benzene rings is 2.